The number of aliphatic hydroxyl groups excluding tert-OH is 1. The van der Waals surface area contributed by atoms with Crippen LogP contribution in [0.2, 0.25) is 0 Å². The molecule has 2 unspecified atom stereocenters. The maximum absolute atomic E-state index is 13.4. The summed E-state index contributed by atoms with van der Waals surface area (Å²) < 4.78 is 5.55. The standard InChI is InChI=1S/C29H44O5/c1-17(16-30)6-9-25(32)18(2)27-26(33)15-24-22-8-7-20-14-21(34-19(3)31)10-12-28(20,4)23(22)11-13-29(24,27)5/h7,17-18,21-24,27,30H,6,8-16H2,1-5H3/t17?,18-,21?,22-,23+,24+,27+,28+,29+/m1/s1. The van der Waals surface area contributed by atoms with Crippen LogP contribution in [0.3, 0.4) is 0 Å². The molecule has 190 valence electrons. The highest BCUT2D eigenvalue weighted by atomic mass is 16.5. The van der Waals surface area contributed by atoms with E-state index in [4.69, 9.17) is 4.74 Å². The van der Waals surface area contributed by atoms with Crippen molar-refractivity contribution in [2.75, 3.05) is 6.61 Å². The van der Waals surface area contributed by atoms with Gasteiger partial charge >= 0.3 is 5.97 Å². The number of fused-ring (bicyclic) bond motifs is 5. The molecule has 3 fully saturated rings. The fraction of sp³-hybridized carbons (Fsp3) is 0.828. The van der Waals surface area contributed by atoms with Gasteiger partial charge in [0.05, 0.1) is 0 Å². The van der Waals surface area contributed by atoms with Crippen molar-refractivity contribution in [1.82, 2.24) is 0 Å². The van der Waals surface area contributed by atoms with E-state index in [1.807, 2.05) is 13.8 Å². The number of esters is 1. The number of aliphatic hydroxyl groups is 1. The van der Waals surface area contributed by atoms with Crippen molar-refractivity contribution in [3.05, 3.63) is 11.6 Å². The van der Waals surface area contributed by atoms with E-state index in [2.05, 4.69) is 19.9 Å². The van der Waals surface area contributed by atoms with Gasteiger partial charge < -0.3 is 9.84 Å². The van der Waals surface area contributed by atoms with Crippen LogP contribution in [-0.2, 0) is 19.1 Å². The van der Waals surface area contributed by atoms with Crippen molar-refractivity contribution in [1.29, 1.82) is 0 Å². The van der Waals surface area contributed by atoms with Gasteiger partial charge in [0.1, 0.15) is 17.7 Å². The average molecular weight is 473 g/mol. The Balaban J connectivity index is 1.52. The molecular weight excluding hydrogens is 428 g/mol. The molecule has 0 amide bonds. The molecule has 1 N–H and O–H groups in total. The van der Waals surface area contributed by atoms with Gasteiger partial charge in [-0.15, -0.1) is 0 Å². The van der Waals surface area contributed by atoms with Gasteiger partial charge in [-0.05, 0) is 73.0 Å². The zero-order valence-corrected chi connectivity index (χ0v) is 21.8. The molecule has 0 bridgehead atoms. The zero-order chi connectivity index (χ0) is 24.8. The molecule has 0 heterocycles. The average Bonchev–Trinajstić information content (AvgIpc) is 3.06. The molecule has 0 radical (unpaired) electrons. The van der Waals surface area contributed by atoms with E-state index in [0.717, 1.165) is 38.5 Å². The predicted octanol–water partition coefficient (Wildman–Crippen LogP) is 5.29. The highest BCUT2D eigenvalue weighted by molar-refractivity contribution is 5.92. The van der Waals surface area contributed by atoms with Crippen LogP contribution in [0.25, 0.3) is 0 Å². The molecule has 0 spiro atoms. The Morgan fingerprint density at radius 1 is 1.15 bits per heavy atom. The molecule has 5 heteroatoms. The minimum Gasteiger partial charge on any atom is -0.462 e. The van der Waals surface area contributed by atoms with Crippen molar-refractivity contribution in [3.8, 4) is 0 Å². The van der Waals surface area contributed by atoms with Crippen LogP contribution in [0, 0.1) is 46.3 Å². The van der Waals surface area contributed by atoms with Gasteiger partial charge in [0, 0.05) is 44.6 Å². The lowest BCUT2D eigenvalue weighted by Gasteiger charge is -2.58. The van der Waals surface area contributed by atoms with E-state index in [0.29, 0.717) is 42.8 Å². The van der Waals surface area contributed by atoms with Crippen LogP contribution in [0.15, 0.2) is 11.6 Å². The molecular formula is C29H44O5. The normalized spacial score (nSPS) is 40.9. The third kappa shape index (κ3) is 4.31. The fourth-order valence-corrected chi connectivity index (χ4v) is 8.54. The van der Waals surface area contributed by atoms with E-state index < -0.39 is 0 Å². The van der Waals surface area contributed by atoms with Crippen molar-refractivity contribution < 1.29 is 24.2 Å². The minimum atomic E-state index is -0.241. The maximum atomic E-state index is 13.4. The summed E-state index contributed by atoms with van der Waals surface area (Å²) in [5, 5.41) is 9.31. The van der Waals surface area contributed by atoms with Gasteiger partial charge in [-0.1, -0.05) is 39.3 Å². The smallest absolute Gasteiger partial charge is 0.302 e. The summed E-state index contributed by atoms with van der Waals surface area (Å²) >= 11 is 0. The molecule has 9 atom stereocenters. The lowest BCUT2D eigenvalue weighted by atomic mass is 9.47. The lowest BCUT2D eigenvalue weighted by Crippen LogP contribution is -2.51. The van der Waals surface area contributed by atoms with Crippen molar-refractivity contribution in [3.63, 3.8) is 0 Å². The van der Waals surface area contributed by atoms with Gasteiger partial charge in [0.25, 0.3) is 0 Å². The Labute approximate surface area is 205 Å². The molecule has 0 aromatic rings. The van der Waals surface area contributed by atoms with Crippen LogP contribution in [0.1, 0.15) is 92.4 Å². The first-order valence-electron chi connectivity index (χ1n) is 13.5. The van der Waals surface area contributed by atoms with E-state index in [-0.39, 0.29) is 53.0 Å². The number of rotatable bonds is 7. The summed E-state index contributed by atoms with van der Waals surface area (Å²) in [4.78, 5) is 38.0. The predicted molar refractivity (Wildman–Crippen MR) is 131 cm³/mol. The highest BCUT2D eigenvalue weighted by Crippen LogP contribution is 2.66. The number of hydrogen-bond donors (Lipinski definition) is 1. The van der Waals surface area contributed by atoms with Crippen molar-refractivity contribution in [2.45, 2.75) is 98.5 Å². The SMILES string of the molecule is CC(=O)OC1CC[C@@]2(C)C(=CC[C@H]3[C@@H]4CC(=O)[C@H]([C@H](C)C(=O)CCC(C)CO)[C@@]4(C)CC[C@@H]32)C1. The Bertz CT molecular complexity index is 861. The van der Waals surface area contributed by atoms with Crippen LogP contribution in [-0.4, -0.2) is 35.4 Å². The van der Waals surface area contributed by atoms with E-state index >= 15 is 0 Å². The first-order valence-corrected chi connectivity index (χ1v) is 13.5. The molecule has 0 aliphatic heterocycles. The molecule has 0 aromatic heterocycles. The summed E-state index contributed by atoms with van der Waals surface area (Å²) in [6, 6.07) is 0. The first kappa shape index (κ1) is 25.6. The number of carbonyl (C=O) groups excluding carboxylic acids is 3. The monoisotopic (exact) mass is 472 g/mol. The summed E-state index contributed by atoms with van der Waals surface area (Å²) in [6.07, 6.45) is 10.1. The van der Waals surface area contributed by atoms with E-state index in [1.165, 1.54) is 12.5 Å². The van der Waals surface area contributed by atoms with Crippen LogP contribution >= 0.6 is 0 Å². The number of carbonyl (C=O) groups is 3. The summed E-state index contributed by atoms with van der Waals surface area (Å²) in [5.41, 5.74) is 1.48. The highest BCUT2D eigenvalue weighted by Gasteiger charge is 2.62. The number of hydrogen-bond acceptors (Lipinski definition) is 5. The molecule has 0 saturated heterocycles. The second-order valence-corrected chi connectivity index (χ2v) is 12.5. The molecule has 34 heavy (non-hydrogen) atoms. The third-order valence-electron chi connectivity index (χ3n) is 10.5. The quantitative estimate of drug-likeness (QED) is 0.402. The largest absolute Gasteiger partial charge is 0.462 e. The number of Topliss-reactive ketones (excluding diaryl/α,β-unsaturated/α-hetero) is 2. The topological polar surface area (TPSA) is 80.7 Å². The maximum Gasteiger partial charge on any atom is 0.302 e. The number of ketones is 2. The Morgan fingerprint density at radius 2 is 1.88 bits per heavy atom. The van der Waals surface area contributed by atoms with Gasteiger partial charge in [-0.3, -0.25) is 14.4 Å². The van der Waals surface area contributed by atoms with Crippen LogP contribution in [0.4, 0.5) is 0 Å². The first-order chi connectivity index (χ1) is 16.0. The summed E-state index contributed by atoms with van der Waals surface area (Å²) in [6.45, 7) is 10.2. The van der Waals surface area contributed by atoms with Crippen LogP contribution < -0.4 is 0 Å². The molecule has 4 aliphatic rings. The molecule has 4 aliphatic carbocycles. The van der Waals surface area contributed by atoms with Gasteiger partial charge in [0.2, 0.25) is 0 Å². The van der Waals surface area contributed by atoms with Gasteiger partial charge in [-0.2, -0.15) is 0 Å². The van der Waals surface area contributed by atoms with Gasteiger partial charge in [-0.25, -0.2) is 0 Å². The van der Waals surface area contributed by atoms with Crippen molar-refractivity contribution >= 4 is 17.5 Å². The second-order valence-electron chi connectivity index (χ2n) is 12.5. The Hall–Kier alpha value is -1.49. The van der Waals surface area contributed by atoms with Crippen molar-refractivity contribution in [2.24, 2.45) is 46.3 Å². The minimum absolute atomic E-state index is 0.0000775. The van der Waals surface area contributed by atoms with E-state index in [1.54, 1.807) is 0 Å². The molecule has 5 nitrogen and oxygen atoms in total. The van der Waals surface area contributed by atoms with E-state index in [9.17, 15) is 19.5 Å². The molecule has 4 rings (SSSR count). The summed E-state index contributed by atoms with van der Waals surface area (Å²) in [5.74, 6) is 1.39. The van der Waals surface area contributed by atoms with Crippen LogP contribution in [0.5, 0.6) is 0 Å². The lowest BCUT2D eigenvalue weighted by molar-refractivity contribution is -0.148. The second kappa shape index (κ2) is 9.52. The zero-order valence-electron chi connectivity index (χ0n) is 21.8. The third-order valence-corrected chi connectivity index (χ3v) is 10.5. The summed E-state index contributed by atoms with van der Waals surface area (Å²) in [7, 11) is 0. The Morgan fingerprint density at radius 3 is 2.56 bits per heavy atom. The number of allylic oxidation sites excluding steroid dienone is 1. The molecule has 3 saturated carbocycles. The molecule has 0 aromatic carbocycles. The number of ether oxygens (including phenoxy) is 1. The Kier molecular flexibility index (Phi) is 7.17. The fourth-order valence-electron chi connectivity index (χ4n) is 8.54. The van der Waals surface area contributed by atoms with Gasteiger partial charge in [0.15, 0.2) is 0 Å².